The first-order valence-electron chi connectivity index (χ1n) is 18.4. The van der Waals surface area contributed by atoms with Gasteiger partial charge in [0.1, 0.15) is 0 Å². The van der Waals surface area contributed by atoms with Gasteiger partial charge in [-0.25, -0.2) is 0 Å². The summed E-state index contributed by atoms with van der Waals surface area (Å²) in [6.45, 7) is 11.0. The van der Waals surface area contributed by atoms with Crippen LogP contribution in [0.3, 0.4) is 0 Å². The fraction of sp³-hybridized carbons (Fsp3) is 0.816. The van der Waals surface area contributed by atoms with Crippen LogP contribution in [0.2, 0.25) is 0 Å². The Bertz CT molecular complexity index is 1170. The van der Waals surface area contributed by atoms with Crippen molar-refractivity contribution in [3.8, 4) is 0 Å². The Morgan fingerprint density at radius 1 is 0.830 bits per heavy atom. The first-order chi connectivity index (χ1) is 22.0. The first-order valence-corrected chi connectivity index (χ1v) is 19.6. The Kier molecular flexibility index (Phi) is 11.8. The van der Waals surface area contributed by atoms with E-state index in [2.05, 4.69) is 59.2 Å². The molecule has 265 valence electrons. The van der Waals surface area contributed by atoms with Gasteiger partial charge in [0.15, 0.2) is 0 Å². The summed E-state index contributed by atoms with van der Waals surface area (Å²) in [5.41, 5.74) is 3.94. The van der Waals surface area contributed by atoms with E-state index in [1.165, 1.54) is 75.1 Å². The number of unbranched alkanes of at least 4 members (excludes halogenated alkanes) is 6. The number of hydrogen-bond acceptors (Lipinski definition) is 3. The molecule has 3 aliphatic carbocycles. The van der Waals surface area contributed by atoms with E-state index in [1.54, 1.807) is 5.56 Å². The van der Waals surface area contributed by atoms with Gasteiger partial charge in [0, 0.05) is 6.42 Å². The third kappa shape index (κ3) is 8.40. The first kappa shape index (κ1) is 37.5. The average molecular weight is 684 g/mol. The molecule has 0 bridgehead atoms. The highest BCUT2D eigenvalue weighted by atomic mass is 32.2. The van der Waals surface area contributed by atoms with Crippen LogP contribution < -0.4 is 5.46 Å². The standard InChI is InChI=1S/C38H57BF5O2S/c1-34(2)35(3,4)46-39(45-34)29-17-18-30-28(26-29)25-27(33-31(30)19-22-36(5)20-13-16-32(33)36)15-11-9-7-6-8-10-12-23-47-24-14-21-37(40,41)38(42,43)44/h17-18,20,26-27,31-33H,6-16,19,21-25H2,1-5H3/t27-,31-,32+,33+,36+/m1/s1. The predicted octanol–water partition coefficient (Wildman–Crippen LogP) is 11.1. The third-order valence-corrected chi connectivity index (χ3v) is 13.7. The molecule has 1 saturated heterocycles. The summed E-state index contributed by atoms with van der Waals surface area (Å²) >= 11 is 1.49. The molecule has 9 heteroatoms. The molecule has 1 heterocycles. The maximum atomic E-state index is 13.0. The van der Waals surface area contributed by atoms with E-state index < -0.39 is 18.5 Å². The van der Waals surface area contributed by atoms with Crippen molar-refractivity contribution >= 4 is 24.3 Å². The number of thioether (sulfide) groups is 1. The topological polar surface area (TPSA) is 18.5 Å². The zero-order chi connectivity index (χ0) is 34.1. The molecule has 5 atom stereocenters. The van der Waals surface area contributed by atoms with E-state index in [0.29, 0.717) is 23.0 Å². The minimum Gasteiger partial charge on any atom is -0.399 e. The van der Waals surface area contributed by atoms with E-state index in [4.69, 9.17) is 9.31 Å². The number of benzene rings is 1. The molecule has 1 aliphatic heterocycles. The van der Waals surface area contributed by atoms with Gasteiger partial charge in [0.25, 0.3) is 0 Å². The van der Waals surface area contributed by atoms with Crippen LogP contribution in [0.1, 0.15) is 142 Å². The molecule has 0 spiro atoms. The molecule has 4 aliphatic rings. The van der Waals surface area contributed by atoms with E-state index >= 15 is 0 Å². The Balaban J connectivity index is 1.07. The Morgan fingerprint density at radius 2 is 1.47 bits per heavy atom. The van der Waals surface area contributed by atoms with Crippen LogP contribution in [-0.4, -0.2) is 41.9 Å². The normalized spacial score (nSPS) is 29.9. The highest BCUT2D eigenvalue weighted by Crippen LogP contribution is 2.62. The van der Waals surface area contributed by atoms with Crippen LogP contribution in [0.25, 0.3) is 0 Å². The third-order valence-electron chi connectivity index (χ3n) is 12.5. The summed E-state index contributed by atoms with van der Waals surface area (Å²) in [5, 5.41) is 0. The van der Waals surface area contributed by atoms with Crippen molar-refractivity contribution in [1.29, 1.82) is 0 Å². The molecule has 0 aromatic heterocycles. The number of rotatable bonds is 15. The minimum absolute atomic E-state index is 0.106. The van der Waals surface area contributed by atoms with Gasteiger partial charge in [-0.2, -0.15) is 33.7 Å². The molecule has 2 saturated carbocycles. The molecule has 2 nitrogen and oxygen atoms in total. The van der Waals surface area contributed by atoms with E-state index in [0.717, 1.165) is 48.7 Å². The lowest BCUT2D eigenvalue weighted by Gasteiger charge is -2.52. The van der Waals surface area contributed by atoms with Crippen LogP contribution in [0.15, 0.2) is 18.2 Å². The van der Waals surface area contributed by atoms with Gasteiger partial charge in [-0.15, -0.1) is 0 Å². The summed E-state index contributed by atoms with van der Waals surface area (Å²) in [7, 11) is -0.324. The molecule has 0 amide bonds. The Labute approximate surface area is 285 Å². The van der Waals surface area contributed by atoms with Crippen molar-refractivity contribution in [2.75, 3.05) is 11.5 Å². The largest absolute Gasteiger partial charge is 0.494 e. The second-order valence-corrected chi connectivity index (χ2v) is 17.5. The molecule has 0 N–H and O–H groups in total. The minimum atomic E-state index is -5.44. The van der Waals surface area contributed by atoms with Crippen LogP contribution in [-0.2, 0) is 15.7 Å². The molecule has 1 aromatic rings. The Hall–Kier alpha value is -0.795. The Morgan fingerprint density at radius 3 is 2.15 bits per heavy atom. The van der Waals surface area contributed by atoms with Crippen molar-refractivity contribution in [2.45, 2.75) is 160 Å². The summed E-state index contributed by atoms with van der Waals surface area (Å²) in [6.07, 6.45) is 11.8. The average Bonchev–Trinajstić information content (AvgIpc) is 3.49. The van der Waals surface area contributed by atoms with E-state index in [-0.39, 0.29) is 24.7 Å². The van der Waals surface area contributed by atoms with Gasteiger partial charge >= 0.3 is 19.2 Å². The highest BCUT2D eigenvalue weighted by molar-refractivity contribution is 7.99. The molecule has 3 fully saturated rings. The monoisotopic (exact) mass is 683 g/mol. The highest BCUT2D eigenvalue weighted by Gasteiger charge is 2.57. The van der Waals surface area contributed by atoms with Crippen molar-refractivity contribution in [2.24, 2.45) is 23.2 Å². The number of hydrogen-bond donors (Lipinski definition) is 0. The smallest absolute Gasteiger partial charge is 0.399 e. The van der Waals surface area contributed by atoms with Gasteiger partial charge in [0.05, 0.1) is 11.2 Å². The number of halogens is 5. The molecule has 0 unspecified atom stereocenters. The van der Waals surface area contributed by atoms with Crippen molar-refractivity contribution in [3.63, 3.8) is 0 Å². The van der Waals surface area contributed by atoms with Crippen molar-refractivity contribution in [1.82, 2.24) is 0 Å². The summed E-state index contributed by atoms with van der Waals surface area (Å²) in [5.74, 6) is -0.457. The summed E-state index contributed by atoms with van der Waals surface area (Å²) < 4.78 is 75.7. The molecule has 5 rings (SSSR count). The maximum absolute atomic E-state index is 13.0. The van der Waals surface area contributed by atoms with Crippen molar-refractivity contribution in [3.05, 3.63) is 35.7 Å². The van der Waals surface area contributed by atoms with Crippen LogP contribution >= 0.6 is 11.8 Å². The van der Waals surface area contributed by atoms with E-state index in [1.807, 2.05) is 0 Å². The SMILES string of the molecule is CC1(C)OB(c2ccc3c(c2)C[C@@H](CCCCCCCCCSCCCC(F)(F)C(F)(F)F)[C@H]2[C@@H]3CC[C@]3(C)[CH]CC[C@@H]23)OC1(C)C. The summed E-state index contributed by atoms with van der Waals surface area (Å²) in [4.78, 5) is 0. The van der Waals surface area contributed by atoms with Crippen LogP contribution in [0.5, 0.6) is 0 Å². The molecule has 1 aromatic carbocycles. The number of alkyl halides is 5. The zero-order valence-corrected chi connectivity index (χ0v) is 30.1. The van der Waals surface area contributed by atoms with Gasteiger partial charge in [0.2, 0.25) is 0 Å². The summed E-state index contributed by atoms with van der Waals surface area (Å²) in [6, 6.07) is 7.09. The lowest BCUT2D eigenvalue weighted by Crippen LogP contribution is -2.45. The maximum Gasteiger partial charge on any atom is 0.494 e. The van der Waals surface area contributed by atoms with Crippen LogP contribution in [0, 0.1) is 29.6 Å². The molecular formula is C38H57BF5O2S. The fourth-order valence-electron chi connectivity index (χ4n) is 9.09. The fourth-order valence-corrected chi connectivity index (χ4v) is 10.1. The predicted molar refractivity (Wildman–Crippen MR) is 184 cm³/mol. The van der Waals surface area contributed by atoms with E-state index in [9.17, 15) is 22.0 Å². The lowest BCUT2D eigenvalue weighted by molar-refractivity contribution is -0.284. The number of fused-ring (bicyclic) bond motifs is 5. The zero-order valence-electron chi connectivity index (χ0n) is 29.3. The second-order valence-electron chi connectivity index (χ2n) is 16.3. The molecule has 47 heavy (non-hydrogen) atoms. The van der Waals surface area contributed by atoms with Gasteiger partial charge in [-0.05, 0) is 143 Å². The second kappa shape index (κ2) is 14.8. The van der Waals surface area contributed by atoms with Gasteiger partial charge < -0.3 is 9.31 Å². The molecular weight excluding hydrogens is 626 g/mol. The quantitative estimate of drug-likeness (QED) is 0.104. The van der Waals surface area contributed by atoms with Gasteiger partial charge in [-0.3, -0.25) is 0 Å². The molecule has 1 radical (unpaired) electrons. The van der Waals surface area contributed by atoms with Crippen LogP contribution in [0.4, 0.5) is 22.0 Å². The van der Waals surface area contributed by atoms with Gasteiger partial charge in [-0.1, -0.05) is 63.6 Å². The van der Waals surface area contributed by atoms with Crippen molar-refractivity contribution < 1.29 is 31.3 Å². The lowest BCUT2D eigenvalue weighted by atomic mass is 9.52.